The predicted octanol–water partition coefficient (Wildman–Crippen LogP) is 3.56. The lowest BCUT2D eigenvalue weighted by Gasteiger charge is -2.38. The first-order valence-electron chi connectivity index (χ1n) is 7.99. The molecule has 0 unspecified atom stereocenters. The minimum atomic E-state index is -0.109. The number of hydrogen-bond donors (Lipinski definition) is 1. The molecule has 1 saturated heterocycles. The van der Waals surface area contributed by atoms with Crippen molar-refractivity contribution < 1.29 is 14.2 Å². The standard InChI is InChI=1S/C17H16ClN3O3S/c18-15-12(8-19)16(25-21-15)20-9-17(3-5-22-6-4-17)11-1-2-13-14(7-11)24-10-23-13/h1-2,7,20H,3-6,9-10H2. The van der Waals surface area contributed by atoms with Gasteiger partial charge in [-0.25, -0.2) is 0 Å². The molecule has 0 atom stereocenters. The molecule has 130 valence electrons. The molecule has 1 fully saturated rings. The molecule has 3 heterocycles. The second-order valence-corrected chi connectivity index (χ2v) is 7.24. The molecule has 2 aromatic rings. The van der Waals surface area contributed by atoms with Gasteiger partial charge in [0.1, 0.15) is 16.6 Å². The molecule has 0 saturated carbocycles. The van der Waals surface area contributed by atoms with E-state index in [2.05, 4.69) is 27.9 Å². The fourth-order valence-electron chi connectivity index (χ4n) is 3.29. The fourth-order valence-corrected chi connectivity index (χ4v) is 4.22. The third kappa shape index (κ3) is 3.01. The molecule has 0 amide bonds. The number of aromatic nitrogens is 1. The van der Waals surface area contributed by atoms with Gasteiger partial charge in [-0.3, -0.25) is 0 Å². The molecule has 0 aliphatic carbocycles. The molecule has 8 heteroatoms. The summed E-state index contributed by atoms with van der Waals surface area (Å²) in [5, 5.41) is 13.6. The molecule has 1 N–H and O–H groups in total. The van der Waals surface area contributed by atoms with Crippen molar-refractivity contribution in [1.29, 1.82) is 5.26 Å². The average molecular weight is 378 g/mol. The van der Waals surface area contributed by atoms with Crippen LogP contribution in [0.3, 0.4) is 0 Å². The topological polar surface area (TPSA) is 76.4 Å². The normalized spacial score (nSPS) is 17.9. The van der Waals surface area contributed by atoms with Gasteiger partial charge >= 0.3 is 0 Å². The number of rotatable bonds is 4. The van der Waals surface area contributed by atoms with Crippen molar-refractivity contribution in [2.24, 2.45) is 0 Å². The van der Waals surface area contributed by atoms with E-state index in [1.54, 1.807) is 0 Å². The summed E-state index contributed by atoms with van der Waals surface area (Å²) in [6.07, 6.45) is 1.77. The number of hydrogen-bond acceptors (Lipinski definition) is 7. The highest BCUT2D eigenvalue weighted by Gasteiger charge is 2.36. The van der Waals surface area contributed by atoms with Crippen molar-refractivity contribution in [2.75, 3.05) is 31.9 Å². The number of nitrogens with zero attached hydrogens (tertiary/aromatic N) is 2. The van der Waals surface area contributed by atoms with Gasteiger partial charge in [0.25, 0.3) is 0 Å². The summed E-state index contributed by atoms with van der Waals surface area (Å²) in [5.41, 5.74) is 1.48. The molecule has 6 nitrogen and oxygen atoms in total. The molecule has 0 spiro atoms. The van der Waals surface area contributed by atoms with Gasteiger partial charge in [0.05, 0.1) is 0 Å². The van der Waals surface area contributed by atoms with E-state index in [-0.39, 0.29) is 17.4 Å². The van der Waals surface area contributed by atoms with E-state index < -0.39 is 0 Å². The van der Waals surface area contributed by atoms with Crippen molar-refractivity contribution in [3.63, 3.8) is 0 Å². The monoisotopic (exact) mass is 377 g/mol. The zero-order valence-corrected chi connectivity index (χ0v) is 15.0. The first-order valence-corrected chi connectivity index (χ1v) is 9.14. The molecular formula is C17H16ClN3O3S. The zero-order valence-electron chi connectivity index (χ0n) is 13.4. The number of halogens is 1. The summed E-state index contributed by atoms with van der Waals surface area (Å²) < 4.78 is 20.6. The lowest BCUT2D eigenvalue weighted by atomic mass is 9.74. The number of benzene rings is 1. The summed E-state index contributed by atoms with van der Waals surface area (Å²) in [7, 11) is 0. The highest BCUT2D eigenvalue weighted by atomic mass is 35.5. The zero-order chi connectivity index (χ0) is 17.3. The molecule has 0 bridgehead atoms. The molecule has 0 radical (unpaired) electrons. The maximum Gasteiger partial charge on any atom is 0.231 e. The Kier molecular flexibility index (Phi) is 4.42. The van der Waals surface area contributed by atoms with Gasteiger partial charge in [-0.05, 0) is 42.1 Å². The van der Waals surface area contributed by atoms with E-state index in [1.165, 1.54) is 17.1 Å². The fraction of sp³-hybridized carbons (Fsp3) is 0.412. The Labute approximate surface area is 154 Å². The van der Waals surface area contributed by atoms with Gasteiger partial charge in [-0.1, -0.05) is 17.7 Å². The van der Waals surface area contributed by atoms with Crippen LogP contribution in [0.1, 0.15) is 24.0 Å². The third-order valence-electron chi connectivity index (χ3n) is 4.78. The Bertz CT molecular complexity index is 827. The Balaban J connectivity index is 1.62. The van der Waals surface area contributed by atoms with E-state index in [4.69, 9.17) is 25.8 Å². The summed E-state index contributed by atoms with van der Waals surface area (Å²) in [6.45, 7) is 2.33. The van der Waals surface area contributed by atoms with E-state index in [9.17, 15) is 5.26 Å². The number of ether oxygens (including phenoxy) is 3. The van der Waals surface area contributed by atoms with Crippen molar-refractivity contribution >= 4 is 28.1 Å². The van der Waals surface area contributed by atoms with Crippen LogP contribution in [-0.2, 0) is 10.2 Å². The number of anilines is 1. The van der Waals surface area contributed by atoms with Gasteiger partial charge in [-0.2, -0.15) is 9.64 Å². The van der Waals surface area contributed by atoms with Crippen LogP contribution in [0.2, 0.25) is 5.15 Å². The number of fused-ring (bicyclic) bond motifs is 1. The summed E-state index contributed by atoms with van der Waals surface area (Å²) in [5.74, 6) is 1.56. The van der Waals surface area contributed by atoms with Crippen LogP contribution in [0, 0.1) is 11.3 Å². The van der Waals surface area contributed by atoms with Gasteiger partial charge in [0.15, 0.2) is 16.7 Å². The number of nitrogens with one attached hydrogen (secondary N) is 1. The SMILES string of the molecule is N#Cc1c(Cl)nsc1NCC1(c2ccc3c(c2)OCO3)CCOCC1. The first-order chi connectivity index (χ1) is 12.2. The maximum absolute atomic E-state index is 9.25. The van der Waals surface area contributed by atoms with Gasteiger partial charge in [0, 0.05) is 25.2 Å². The van der Waals surface area contributed by atoms with Crippen LogP contribution in [0.5, 0.6) is 11.5 Å². The van der Waals surface area contributed by atoms with Crippen LogP contribution < -0.4 is 14.8 Å². The predicted molar refractivity (Wildman–Crippen MR) is 94.6 cm³/mol. The Hall–Kier alpha value is -2.01. The van der Waals surface area contributed by atoms with Crippen molar-refractivity contribution in [2.45, 2.75) is 18.3 Å². The lowest BCUT2D eigenvalue weighted by molar-refractivity contribution is 0.0543. The minimum absolute atomic E-state index is 0.109. The third-order valence-corrected chi connectivity index (χ3v) is 5.96. The van der Waals surface area contributed by atoms with Crippen LogP contribution >= 0.6 is 23.1 Å². The van der Waals surface area contributed by atoms with Crippen LogP contribution in [0.25, 0.3) is 0 Å². The molecule has 2 aliphatic rings. The Morgan fingerprint density at radius 3 is 2.88 bits per heavy atom. The van der Waals surface area contributed by atoms with Gasteiger partial charge in [-0.15, -0.1) is 0 Å². The summed E-state index contributed by atoms with van der Waals surface area (Å²) >= 11 is 7.18. The average Bonchev–Trinajstić information content (AvgIpc) is 3.26. The van der Waals surface area contributed by atoms with Crippen LogP contribution in [-0.4, -0.2) is 30.9 Å². The van der Waals surface area contributed by atoms with E-state index >= 15 is 0 Å². The Morgan fingerprint density at radius 2 is 2.08 bits per heavy atom. The molecule has 25 heavy (non-hydrogen) atoms. The second-order valence-electron chi connectivity index (χ2n) is 6.10. The van der Waals surface area contributed by atoms with E-state index in [0.29, 0.717) is 30.3 Å². The highest BCUT2D eigenvalue weighted by Crippen LogP contribution is 2.41. The van der Waals surface area contributed by atoms with Gasteiger partial charge in [0.2, 0.25) is 6.79 Å². The van der Waals surface area contributed by atoms with E-state index in [1.807, 2.05) is 6.07 Å². The van der Waals surface area contributed by atoms with Crippen molar-refractivity contribution in [1.82, 2.24) is 4.37 Å². The van der Waals surface area contributed by atoms with Crippen LogP contribution in [0.15, 0.2) is 18.2 Å². The van der Waals surface area contributed by atoms with Crippen molar-refractivity contribution in [3.05, 3.63) is 34.5 Å². The second kappa shape index (κ2) is 6.71. The lowest BCUT2D eigenvalue weighted by Crippen LogP contribution is -2.40. The molecule has 4 rings (SSSR count). The maximum atomic E-state index is 9.25. The summed E-state index contributed by atoms with van der Waals surface area (Å²) in [4.78, 5) is 0. The van der Waals surface area contributed by atoms with E-state index in [0.717, 1.165) is 24.3 Å². The first kappa shape index (κ1) is 16.5. The smallest absolute Gasteiger partial charge is 0.231 e. The Morgan fingerprint density at radius 1 is 1.28 bits per heavy atom. The van der Waals surface area contributed by atoms with Gasteiger partial charge < -0.3 is 19.5 Å². The largest absolute Gasteiger partial charge is 0.454 e. The quantitative estimate of drug-likeness (QED) is 0.877. The van der Waals surface area contributed by atoms with Crippen molar-refractivity contribution in [3.8, 4) is 17.6 Å². The molecule has 1 aromatic carbocycles. The summed E-state index contributed by atoms with van der Waals surface area (Å²) in [6, 6.07) is 8.21. The minimum Gasteiger partial charge on any atom is -0.454 e. The highest BCUT2D eigenvalue weighted by molar-refractivity contribution is 7.10. The van der Waals surface area contributed by atoms with Crippen LogP contribution in [0.4, 0.5) is 5.00 Å². The molecular weight excluding hydrogens is 362 g/mol. The molecule has 2 aliphatic heterocycles. The number of nitriles is 1. The molecule has 1 aromatic heterocycles.